The van der Waals surface area contributed by atoms with Crippen LogP contribution in [0.15, 0.2) is 48.7 Å². The molecule has 6 nitrogen and oxygen atoms in total. The molecule has 4 rings (SSSR count). The highest BCUT2D eigenvalue weighted by Crippen LogP contribution is 2.37. The summed E-state index contributed by atoms with van der Waals surface area (Å²) < 4.78 is 85.8. The summed E-state index contributed by atoms with van der Waals surface area (Å²) in [6, 6.07) is 8.01. The number of aromatic amines is 1. The van der Waals surface area contributed by atoms with Crippen LogP contribution in [-0.2, 0) is 28.3 Å². The largest absolute Gasteiger partial charge is 0.466 e. The molecule has 1 aliphatic heterocycles. The summed E-state index contributed by atoms with van der Waals surface area (Å²) in [4.78, 5) is 31.9. The molecule has 12 heteroatoms. The summed E-state index contributed by atoms with van der Waals surface area (Å²) in [6.45, 7) is 3.54. The highest BCUT2D eigenvalue weighted by molar-refractivity contribution is 5.95. The molecule has 1 amide bonds. The van der Waals surface area contributed by atoms with Crippen LogP contribution in [0.3, 0.4) is 0 Å². The Morgan fingerprint density at radius 1 is 0.976 bits per heavy atom. The van der Waals surface area contributed by atoms with Crippen molar-refractivity contribution < 1.29 is 40.7 Å². The third-order valence-electron chi connectivity index (χ3n) is 7.20. The van der Waals surface area contributed by atoms with Gasteiger partial charge < -0.3 is 14.6 Å². The van der Waals surface area contributed by atoms with Crippen molar-refractivity contribution in [2.24, 2.45) is 0 Å². The number of nitrogens with one attached hydrogen (secondary N) is 1. The number of ether oxygens (including phenoxy) is 1. The van der Waals surface area contributed by atoms with E-state index in [9.17, 15) is 35.9 Å². The van der Waals surface area contributed by atoms with Gasteiger partial charge in [-0.3, -0.25) is 14.5 Å². The second-order valence-corrected chi connectivity index (χ2v) is 10.1. The monoisotopic (exact) mass is 583 g/mol. The highest BCUT2D eigenvalue weighted by Gasteiger charge is 2.39. The zero-order valence-electron chi connectivity index (χ0n) is 22.4. The Morgan fingerprint density at radius 2 is 1.66 bits per heavy atom. The van der Waals surface area contributed by atoms with Crippen molar-refractivity contribution in [2.45, 2.75) is 51.0 Å². The number of hydrogen-bond donors (Lipinski definition) is 1. The molecule has 0 saturated carbocycles. The lowest BCUT2D eigenvalue weighted by Crippen LogP contribution is -2.56. The van der Waals surface area contributed by atoms with E-state index >= 15 is 0 Å². The van der Waals surface area contributed by atoms with Gasteiger partial charge in [-0.15, -0.1) is 0 Å². The number of aromatic nitrogens is 1. The van der Waals surface area contributed by atoms with Gasteiger partial charge in [0, 0.05) is 54.8 Å². The van der Waals surface area contributed by atoms with Crippen molar-refractivity contribution in [3.63, 3.8) is 0 Å². The van der Waals surface area contributed by atoms with Gasteiger partial charge in [-0.05, 0) is 62.6 Å². The van der Waals surface area contributed by atoms with Crippen LogP contribution in [0.2, 0.25) is 0 Å². The first-order valence-electron chi connectivity index (χ1n) is 13.4. The van der Waals surface area contributed by atoms with Crippen LogP contribution in [-0.4, -0.2) is 65.5 Å². The van der Waals surface area contributed by atoms with Gasteiger partial charge in [0.15, 0.2) is 0 Å². The lowest BCUT2D eigenvalue weighted by atomic mass is 9.98. The summed E-state index contributed by atoms with van der Waals surface area (Å²) in [5.41, 5.74) is -1.94. The maximum Gasteiger partial charge on any atom is 0.416 e. The van der Waals surface area contributed by atoms with Gasteiger partial charge in [0.2, 0.25) is 0 Å². The number of benzene rings is 2. The lowest BCUT2D eigenvalue weighted by molar-refractivity contribution is -0.144. The van der Waals surface area contributed by atoms with E-state index in [0.29, 0.717) is 57.6 Å². The number of rotatable bonds is 9. The second-order valence-electron chi connectivity index (χ2n) is 10.1. The fourth-order valence-electron chi connectivity index (χ4n) is 5.20. The molecule has 0 bridgehead atoms. The van der Waals surface area contributed by atoms with Crippen LogP contribution in [0.25, 0.3) is 10.9 Å². The summed E-state index contributed by atoms with van der Waals surface area (Å²) in [6.07, 6.45) is -6.38. The van der Waals surface area contributed by atoms with Crippen molar-refractivity contribution >= 4 is 22.8 Å². The maximum absolute atomic E-state index is 13.6. The molecule has 0 unspecified atom stereocenters. The molecule has 1 atom stereocenters. The average Bonchev–Trinajstić information content (AvgIpc) is 3.32. The quantitative estimate of drug-likeness (QED) is 0.182. The Morgan fingerprint density at radius 3 is 2.32 bits per heavy atom. The van der Waals surface area contributed by atoms with Crippen molar-refractivity contribution in [3.05, 3.63) is 70.9 Å². The first kappa shape index (κ1) is 30.4. The molecule has 2 heterocycles. The molecule has 1 saturated heterocycles. The number of fused-ring (bicyclic) bond motifs is 1. The number of esters is 1. The number of hydrogen-bond acceptors (Lipinski definition) is 4. The van der Waals surface area contributed by atoms with Crippen LogP contribution < -0.4 is 0 Å². The molecular formula is C29H31F6N3O3. The first-order chi connectivity index (χ1) is 19.4. The summed E-state index contributed by atoms with van der Waals surface area (Å²) in [5, 5.41) is 0.921. The van der Waals surface area contributed by atoms with Crippen LogP contribution >= 0.6 is 0 Å². The van der Waals surface area contributed by atoms with Crippen LogP contribution in [0.1, 0.15) is 53.2 Å². The zero-order chi connectivity index (χ0) is 29.8. The van der Waals surface area contributed by atoms with Gasteiger partial charge >= 0.3 is 18.3 Å². The zero-order valence-corrected chi connectivity index (χ0v) is 22.4. The van der Waals surface area contributed by atoms with Gasteiger partial charge in [0.25, 0.3) is 5.91 Å². The average molecular weight is 584 g/mol. The number of halogens is 6. The predicted octanol–water partition coefficient (Wildman–Crippen LogP) is 6.31. The van der Waals surface area contributed by atoms with E-state index in [0.717, 1.165) is 16.5 Å². The molecular weight excluding hydrogens is 552 g/mol. The Kier molecular flexibility index (Phi) is 9.31. The van der Waals surface area contributed by atoms with Gasteiger partial charge in [0.05, 0.1) is 17.7 Å². The Bertz CT molecular complexity index is 1340. The van der Waals surface area contributed by atoms with E-state index in [1.165, 1.54) is 4.90 Å². The number of nitrogens with zero attached hydrogens (tertiary/aromatic N) is 2. The van der Waals surface area contributed by atoms with Gasteiger partial charge in [0.1, 0.15) is 0 Å². The van der Waals surface area contributed by atoms with Crippen molar-refractivity contribution in [3.8, 4) is 0 Å². The van der Waals surface area contributed by atoms with Crippen LogP contribution in [0, 0.1) is 0 Å². The molecule has 222 valence electrons. The van der Waals surface area contributed by atoms with Crippen LogP contribution in [0.4, 0.5) is 26.3 Å². The van der Waals surface area contributed by atoms with E-state index < -0.39 is 41.0 Å². The number of carbonyl (C=O) groups excluding carboxylic acids is 2. The molecule has 3 aromatic rings. The van der Waals surface area contributed by atoms with E-state index in [4.69, 9.17) is 4.74 Å². The minimum absolute atomic E-state index is 0.0223. The fraction of sp³-hybridized carbons (Fsp3) is 0.448. The fourth-order valence-corrected chi connectivity index (χ4v) is 5.20. The molecule has 0 aliphatic carbocycles. The molecule has 1 N–H and O–H groups in total. The maximum atomic E-state index is 13.6. The number of piperazine rings is 1. The first-order valence-corrected chi connectivity index (χ1v) is 13.4. The topological polar surface area (TPSA) is 65.6 Å². The van der Waals surface area contributed by atoms with E-state index in [-0.39, 0.29) is 25.0 Å². The van der Waals surface area contributed by atoms with E-state index in [1.54, 1.807) is 13.1 Å². The van der Waals surface area contributed by atoms with Gasteiger partial charge in [-0.25, -0.2) is 0 Å². The lowest BCUT2D eigenvalue weighted by Gasteiger charge is -2.42. The van der Waals surface area contributed by atoms with Gasteiger partial charge in [-0.1, -0.05) is 18.2 Å². The summed E-state index contributed by atoms with van der Waals surface area (Å²) >= 11 is 0. The smallest absolute Gasteiger partial charge is 0.416 e. The Hall–Kier alpha value is -3.54. The Balaban J connectivity index is 1.58. The number of para-hydroxylation sites is 1. The predicted molar refractivity (Wildman–Crippen MR) is 140 cm³/mol. The number of H-pyrrole nitrogens is 1. The SMILES string of the molecule is CCOC(=O)CCCCN1CCN(C(=O)c2cc(C(F)(F)F)cc(C(F)(F)F)c2)[C@H](Cc2c[nH]c3ccccc23)C1. The van der Waals surface area contributed by atoms with Crippen molar-refractivity contribution in [2.75, 3.05) is 32.8 Å². The van der Waals surface area contributed by atoms with E-state index in [2.05, 4.69) is 9.88 Å². The molecule has 1 aromatic heterocycles. The molecule has 0 radical (unpaired) electrons. The van der Waals surface area contributed by atoms with Gasteiger partial charge in [-0.2, -0.15) is 26.3 Å². The van der Waals surface area contributed by atoms with Crippen molar-refractivity contribution in [1.82, 2.24) is 14.8 Å². The highest BCUT2D eigenvalue weighted by atomic mass is 19.4. The molecule has 0 spiro atoms. The number of unbranched alkanes of at least 4 members (excludes halogenated alkanes) is 1. The van der Waals surface area contributed by atoms with Crippen molar-refractivity contribution in [1.29, 1.82) is 0 Å². The van der Waals surface area contributed by atoms with E-state index in [1.807, 2.05) is 24.3 Å². The number of alkyl halides is 6. The summed E-state index contributed by atoms with van der Waals surface area (Å²) in [5.74, 6) is -1.16. The molecule has 1 aliphatic rings. The van der Waals surface area contributed by atoms with Crippen LogP contribution in [0.5, 0.6) is 0 Å². The molecule has 1 fully saturated rings. The molecule has 41 heavy (non-hydrogen) atoms. The Labute approximate surface area is 233 Å². The third-order valence-corrected chi connectivity index (χ3v) is 7.20. The normalized spacial score (nSPS) is 16.8. The standard InChI is InChI=1S/C29H31F6N3O3/c1-2-41-26(39)9-5-6-10-37-11-12-38(23(18-37)15-20-17-36-25-8-4-3-7-24(20)25)27(40)19-13-21(28(30,31)32)16-22(14-19)29(33,34)35/h3-4,7-8,13-14,16-17,23,36H,2,5-6,9-12,15,18H2,1H3/t23-/m1/s1. The molecule has 2 aromatic carbocycles. The second kappa shape index (κ2) is 12.5. The minimum atomic E-state index is -5.05. The third kappa shape index (κ3) is 7.60. The number of carbonyl (C=O) groups is 2. The minimum Gasteiger partial charge on any atom is -0.466 e. The summed E-state index contributed by atoms with van der Waals surface area (Å²) in [7, 11) is 0. The number of amides is 1.